The SMILES string of the molecule is CC(=O)[O-].CC(=O)[O-].CC(=O)[O-].CC(=O)[O-].COc1ccc(N=CNc2ccc(OC)cc2)cc1.COc1ccc(N=CNc2ccc(OC)cc2)cc1.[Ru+2].[Ru+2]. The minimum absolute atomic E-state index is 0. The number of nitrogens with zero attached hydrogens (tertiary/aromatic N) is 2. The zero-order chi connectivity index (χ0) is 41.3. The Hall–Kier alpha value is -5.85. The van der Waals surface area contributed by atoms with Crippen molar-refractivity contribution in [2.24, 2.45) is 9.98 Å². The number of aliphatic imine (C=N–C) groups is 2. The molecule has 0 aliphatic heterocycles. The van der Waals surface area contributed by atoms with E-state index < -0.39 is 23.9 Å². The number of ether oxygens (including phenoxy) is 4. The van der Waals surface area contributed by atoms with Gasteiger partial charge in [-0.25, -0.2) is 9.98 Å². The Morgan fingerprint density at radius 3 is 0.786 bits per heavy atom. The third-order valence-electron chi connectivity index (χ3n) is 5.21. The molecule has 0 aliphatic rings. The van der Waals surface area contributed by atoms with E-state index in [0.717, 1.165) is 73.4 Å². The number of hydrogen-bond donors (Lipinski definition) is 2. The number of nitrogens with one attached hydrogen (secondary N) is 2. The van der Waals surface area contributed by atoms with E-state index in [9.17, 15) is 0 Å². The number of benzene rings is 4. The van der Waals surface area contributed by atoms with E-state index in [1.165, 1.54) is 0 Å². The van der Waals surface area contributed by atoms with Crippen LogP contribution in [0.1, 0.15) is 27.7 Å². The maximum atomic E-state index is 8.89. The Morgan fingerprint density at radius 1 is 0.429 bits per heavy atom. The second-order valence-corrected chi connectivity index (χ2v) is 9.62. The van der Waals surface area contributed by atoms with E-state index in [-0.39, 0.29) is 39.0 Å². The Kier molecular flexibility index (Phi) is 36.7. The van der Waals surface area contributed by atoms with Crippen molar-refractivity contribution < 1.29 is 97.5 Å². The topological polar surface area (TPSA) is 246 Å². The van der Waals surface area contributed by atoms with Gasteiger partial charge in [0.1, 0.15) is 23.0 Å². The molecule has 304 valence electrons. The van der Waals surface area contributed by atoms with Gasteiger partial charge in [-0.15, -0.1) is 0 Å². The van der Waals surface area contributed by atoms with Crippen molar-refractivity contribution in [3.8, 4) is 23.0 Å². The summed E-state index contributed by atoms with van der Waals surface area (Å²) >= 11 is 0. The van der Waals surface area contributed by atoms with Gasteiger partial charge in [0.2, 0.25) is 0 Å². The number of rotatable bonds is 10. The van der Waals surface area contributed by atoms with Crippen molar-refractivity contribution in [1.29, 1.82) is 0 Å². The summed E-state index contributed by atoms with van der Waals surface area (Å²) in [5, 5.41) is 41.7. The van der Waals surface area contributed by atoms with Crippen molar-refractivity contribution in [2.75, 3.05) is 39.1 Å². The number of aliphatic carboxylic acids is 4. The van der Waals surface area contributed by atoms with Crippen LogP contribution in [0.5, 0.6) is 23.0 Å². The molecule has 2 N–H and O–H groups in total. The first kappa shape index (κ1) is 56.9. The van der Waals surface area contributed by atoms with Crippen LogP contribution in [0.3, 0.4) is 0 Å². The Balaban J connectivity index is -0.000000341. The molecule has 0 aromatic heterocycles. The molecular weight excluding hydrogens is 907 g/mol. The minimum Gasteiger partial charge on any atom is -0.550 e. The van der Waals surface area contributed by atoms with Crippen LogP contribution in [-0.4, -0.2) is 65.0 Å². The normalized spacial score (nSPS) is 8.86. The summed E-state index contributed by atoms with van der Waals surface area (Å²) in [4.78, 5) is 44.1. The van der Waals surface area contributed by atoms with Gasteiger partial charge in [0.25, 0.3) is 0 Å². The standard InChI is InChI=1S/2C15H16N2O2.4C2H4O2.2Ru/c2*1-18-14-7-3-12(4-8-14)16-11-17-13-5-9-15(19-2)10-6-13;4*1-2(3)4;;/h2*3-11H,1-2H3,(H,16,17);4*1H3,(H,3,4);;/q;;;;;;2*+2/p-4. The van der Waals surface area contributed by atoms with E-state index in [2.05, 4.69) is 20.6 Å². The Bertz CT molecular complexity index is 1520. The van der Waals surface area contributed by atoms with Crippen LogP contribution < -0.4 is 50.0 Å². The van der Waals surface area contributed by atoms with Gasteiger partial charge in [0.15, 0.2) is 0 Å². The quantitative estimate of drug-likeness (QED) is 0.131. The van der Waals surface area contributed by atoms with Crippen LogP contribution in [0.15, 0.2) is 107 Å². The van der Waals surface area contributed by atoms with Crippen LogP contribution in [0.25, 0.3) is 0 Å². The van der Waals surface area contributed by atoms with E-state index in [1.807, 2.05) is 97.1 Å². The summed E-state index contributed by atoms with van der Waals surface area (Å²) < 4.78 is 20.4. The third kappa shape index (κ3) is 36.5. The number of carbonyl (C=O) groups is 4. The van der Waals surface area contributed by atoms with Crippen molar-refractivity contribution in [3.63, 3.8) is 0 Å². The molecular formula is C38H44N4O12Ru2. The molecule has 16 nitrogen and oxygen atoms in total. The van der Waals surface area contributed by atoms with Gasteiger partial charge in [0, 0.05) is 35.3 Å². The summed E-state index contributed by atoms with van der Waals surface area (Å²) in [5.74, 6) is -1.03. The molecule has 4 aromatic rings. The number of hydrogen-bond acceptors (Lipinski definition) is 14. The molecule has 0 saturated carbocycles. The van der Waals surface area contributed by atoms with Gasteiger partial charge < -0.3 is 69.2 Å². The van der Waals surface area contributed by atoms with Gasteiger partial charge in [-0.1, -0.05) is 0 Å². The molecule has 18 heteroatoms. The van der Waals surface area contributed by atoms with E-state index in [1.54, 1.807) is 41.1 Å². The van der Waals surface area contributed by atoms with Crippen LogP contribution >= 0.6 is 0 Å². The Labute approximate surface area is 352 Å². The molecule has 4 aromatic carbocycles. The first-order valence-corrected chi connectivity index (χ1v) is 15.4. The van der Waals surface area contributed by atoms with Crippen molar-refractivity contribution >= 4 is 59.3 Å². The molecule has 0 radical (unpaired) electrons. The average Bonchev–Trinajstić information content (AvgIpc) is 3.12. The first-order valence-electron chi connectivity index (χ1n) is 15.4. The molecule has 0 spiro atoms. The first-order chi connectivity index (χ1) is 25.6. The largest absolute Gasteiger partial charge is 2.00 e. The van der Waals surface area contributed by atoms with Gasteiger partial charge >= 0.3 is 39.0 Å². The molecule has 4 rings (SSSR count). The fourth-order valence-electron chi connectivity index (χ4n) is 3.07. The zero-order valence-corrected chi connectivity index (χ0v) is 35.4. The average molecular weight is 951 g/mol. The van der Waals surface area contributed by atoms with Gasteiger partial charge in [-0.3, -0.25) is 0 Å². The zero-order valence-electron chi connectivity index (χ0n) is 31.9. The second kappa shape index (κ2) is 36.1. The molecule has 0 amide bonds. The summed E-state index contributed by atoms with van der Waals surface area (Å²) in [6.07, 6.45) is 3.31. The molecule has 0 heterocycles. The van der Waals surface area contributed by atoms with Gasteiger partial charge in [-0.05, 0) is 125 Å². The molecule has 0 saturated heterocycles. The molecule has 0 fully saturated rings. The van der Waals surface area contributed by atoms with Crippen molar-refractivity contribution in [3.05, 3.63) is 97.1 Å². The molecule has 0 unspecified atom stereocenters. The maximum absolute atomic E-state index is 8.89. The number of carboxylic acid groups (broad SMARTS) is 4. The van der Waals surface area contributed by atoms with Crippen LogP contribution in [0.2, 0.25) is 0 Å². The summed E-state index contributed by atoms with van der Waals surface area (Å²) in [6.45, 7) is 3.89. The second-order valence-electron chi connectivity index (χ2n) is 9.62. The molecule has 0 bridgehead atoms. The fourth-order valence-corrected chi connectivity index (χ4v) is 3.07. The summed E-state index contributed by atoms with van der Waals surface area (Å²) in [7, 11) is 6.58. The van der Waals surface area contributed by atoms with E-state index in [0.29, 0.717) is 0 Å². The predicted molar refractivity (Wildman–Crippen MR) is 198 cm³/mol. The smallest absolute Gasteiger partial charge is 0.550 e. The third-order valence-corrected chi connectivity index (χ3v) is 5.21. The number of anilines is 2. The van der Waals surface area contributed by atoms with Crippen molar-refractivity contribution in [2.45, 2.75) is 27.7 Å². The van der Waals surface area contributed by atoms with Crippen LogP contribution in [-0.2, 0) is 58.1 Å². The monoisotopic (exact) mass is 952 g/mol. The minimum atomic E-state index is -1.08. The molecule has 56 heavy (non-hydrogen) atoms. The molecule has 0 atom stereocenters. The summed E-state index contributed by atoms with van der Waals surface area (Å²) in [5.41, 5.74) is 3.64. The number of methoxy groups -OCH3 is 4. The van der Waals surface area contributed by atoms with Gasteiger partial charge in [-0.2, -0.15) is 0 Å². The van der Waals surface area contributed by atoms with Crippen LogP contribution in [0, 0.1) is 0 Å². The van der Waals surface area contributed by atoms with Crippen LogP contribution in [0.4, 0.5) is 22.7 Å². The van der Waals surface area contributed by atoms with E-state index >= 15 is 0 Å². The maximum Gasteiger partial charge on any atom is 2.00 e. The predicted octanol–water partition coefficient (Wildman–Crippen LogP) is 1.97. The number of carbonyl (C=O) groups excluding carboxylic acids is 4. The summed E-state index contributed by atoms with van der Waals surface area (Å²) in [6, 6.07) is 30.4. The van der Waals surface area contributed by atoms with Crippen molar-refractivity contribution in [1.82, 2.24) is 0 Å². The van der Waals surface area contributed by atoms with E-state index in [4.69, 9.17) is 58.6 Å². The Morgan fingerprint density at radius 2 is 0.607 bits per heavy atom. The molecule has 0 aliphatic carbocycles. The van der Waals surface area contributed by atoms with Gasteiger partial charge in [0.05, 0.1) is 52.5 Å². The fraction of sp³-hybridized carbons (Fsp3) is 0.211. The number of carboxylic acids is 4.